The van der Waals surface area contributed by atoms with Crippen molar-refractivity contribution in [1.29, 1.82) is 0 Å². The molecule has 5 nitrogen and oxygen atoms in total. The summed E-state index contributed by atoms with van der Waals surface area (Å²) in [5.41, 5.74) is 0.535. The molecule has 1 amide bonds. The van der Waals surface area contributed by atoms with Gasteiger partial charge in [-0.3, -0.25) is 4.79 Å². The van der Waals surface area contributed by atoms with E-state index in [1.165, 1.54) is 0 Å². The van der Waals surface area contributed by atoms with Crippen molar-refractivity contribution in [3.63, 3.8) is 0 Å². The highest BCUT2D eigenvalue weighted by Gasteiger charge is 2.30. The van der Waals surface area contributed by atoms with E-state index < -0.39 is 10.0 Å². The van der Waals surface area contributed by atoms with Gasteiger partial charge in [-0.15, -0.1) is 0 Å². The first-order valence-electron chi connectivity index (χ1n) is 7.47. The quantitative estimate of drug-likeness (QED) is 0.923. The van der Waals surface area contributed by atoms with Crippen molar-refractivity contribution in [2.45, 2.75) is 50.0 Å². The summed E-state index contributed by atoms with van der Waals surface area (Å²) >= 11 is 0. The fourth-order valence-corrected chi connectivity index (χ4v) is 4.39. The van der Waals surface area contributed by atoms with Crippen molar-refractivity contribution < 1.29 is 13.2 Å². The van der Waals surface area contributed by atoms with E-state index >= 15 is 0 Å². The van der Waals surface area contributed by atoms with Crippen LogP contribution >= 0.6 is 0 Å². The second-order valence-electron chi connectivity index (χ2n) is 6.88. The molecule has 0 unspecified atom stereocenters. The molecule has 1 aliphatic heterocycles. The molecule has 0 aromatic heterocycles. The first-order chi connectivity index (χ1) is 10.1. The largest absolute Gasteiger partial charge is 0.344 e. The summed E-state index contributed by atoms with van der Waals surface area (Å²) in [6, 6.07) is 6.85. The Labute approximate surface area is 132 Å². The molecule has 1 saturated heterocycles. The number of amides is 1. The van der Waals surface area contributed by atoms with E-state index in [0.717, 1.165) is 5.56 Å². The van der Waals surface area contributed by atoms with Gasteiger partial charge in [-0.05, 0) is 23.5 Å². The van der Waals surface area contributed by atoms with Crippen molar-refractivity contribution in [2.24, 2.45) is 0 Å². The van der Waals surface area contributed by atoms with Crippen molar-refractivity contribution in [1.82, 2.24) is 9.62 Å². The summed E-state index contributed by atoms with van der Waals surface area (Å²) in [4.78, 5) is 13.4. The van der Waals surface area contributed by atoms with Crippen LogP contribution in [0.2, 0.25) is 0 Å². The molecule has 1 heterocycles. The Balaban J connectivity index is 2.27. The number of nitrogens with zero attached hydrogens (tertiary/aromatic N) is 1. The van der Waals surface area contributed by atoms with Gasteiger partial charge >= 0.3 is 0 Å². The Morgan fingerprint density at radius 3 is 2.45 bits per heavy atom. The molecule has 122 valence electrons. The van der Waals surface area contributed by atoms with Gasteiger partial charge in [-0.2, -0.15) is 0 Å². The number of likely N-dealkylation sites (N-methyl/N-ethyl adjacent to an activating group) is 1. The average Bonchev–Trinajstić information content (AvgIpc) is 2.42. The molecule has 0 bridgehead atoms. The second-order valence-corrected chi connectivity index (χ2v) is 8.56. The van der Waals surface area contributed by atoms with Crippen molar-refractivity contribution >= 4 is 15.9 Å². The topological polar surface area (TPSA) is 66.5 Å². The fourth-order valence-electron chi connectivity index (χ4n) is 2.71. The molecular weight excluding hydrogens is 300 g/mol. The monoisotopic (exact) mass is 324 g/mol. The first kappa shape index (κ1) is 17.0. The van der Waals surface area contributed by atoms with Crippen LogP contribution in [0.5, 0.6) is 0 Å². The molecule has 0 spiro atoms. The number of sulfonamides is 1. The highest BCUT2D eigenvalue weighted by atomic mass is 32.2. The van der Waals surface area contributed by atoms with Gasteiger partial charge in [0.05, 0.1) is 4.90 Å². The zero-order valence-corrected chi connectivity index (χ0v) is 14.4. The van der Waals surface area contributed by atoms with Crippen molar-refractivity contribution in [3.05, 3.63) is 29.8 Å². The molecule has 0 saturated carbocycles. The minimum Gasteiger partial charge on any atom is -0.344 e. The van der Waals surface area contributed by atoms with Gasteiger partial charge in [-0.25, -0.2) is 13.1 Å². The van der Waals surface area contributed by atoms with Crippen molar-refractivity contribution in [2.75, 3.05) is 13.6 Å². The van der Waals surface area contributed by atoms with Gasteiger partial charge in [-0.1, -0.05) is 39.0 Å². The van der Waals surface area contributed by atoms with E-state index in [0.29, 0.717) is 24.3 Å². The summed E-state index contributed by atoms with van der Waals surface area (Å²) in [6.07, 6.45) is 0.921. The van der Waals surface area contributed by atoms with Crippen LogP contribution in [0, 0.1) is 0 Å². The minimum absolute atomic E-state index is 0.0607. The second kappa shape index (κ2) is 6.01. The van der Waals surface area contributed by atoms with Crippen LogP contribution in [-0.4, -0.2) is 38.9 Å². The molecule has 22 heavy (non-hydrogen) atoms. The summed E-state index contributed by atoms with van der Waals surface area (Å²) in [5.74, 6) is 0.0607. The van der Waals surface area contributed by atoms with Gasteiger partial charge in [0.2, 0.25) is 15.9 Å². The average molecular weight is 324 g/mol. The number of piperidine rings is 1. The molecule has 1 aromatic carbocycles. The maximum atomic E-state index is 12.7. The molecule has 0 radical (unpaired) electrons. The maximum Gasteiger partial charge on any atom is 0.241 e. The third kappa shape index (κ3) is 3.67. The third-order valence-corrected chi connectivity index (χ3v) is 5.51. The van der Waals surface area contributed by atoms with Gasteiger partial charge < -0.3 is 4.90 Å². The number of likely N-dealkylation sites (tertiary alicyclic amines) is 1. The molecule has 1 fully saturated rings. The Morgan fingerprint density at radius 1 is 1.23 bits per heavy atom. The Kier molecular flexibility index (Phi) is 4.63. The van der Waals surface area contributed by atoms with Gasteiger partial charge in [0, 0.05) is 26.1 Å². The maximum absolute atomic E-state index is 12.7. The Bertz CT molecular complexity index is 662. The number of benzene rings is 1. The van der Waals surface area contributed by atoms with Gasteiger partial charge in [0.15, 0.2) is 0 Å². The molecule has 6 heteroatoms. The van der Waals surface area contributed by atoms with E-state index in [1.54, 1.807) is 24.1 Å². The smallest absolute Gasteiger partial charge is 0.241 e. The van der Waals surface area contributed by atoms with Crippen LogP contribution in [0.3, 0.4) is 0 Å². The van der Waals surface area contributed by atoms with E-state index in [2.05, 4.69) is 4.72 Å². The molecular formula is C16H24N2O3S. The van der Waals surface area contributed by atoms with Crippen LogP contribution < -0.4 is 4.72 Å². The molecule has 2 rings (SSSR count). The zero-order chi connectivity index (χ0) is 16.5. The third-order valence-electron chi connectivity index (χ3n) is 3.93. The van der Waals surface area contributed by atoms with Crippen LogP contribution in [-0.2, 0) is 20.2 Å². The number of hydrogen-bond donors (Lipinski definition) is 1. The SMILES string of the molecule is CN1C[C@@H](NS(=O)(=O)c2ccccc2C(C)(C)C)CCC1=O. The normalized spacial score (nSPS) is 20.3. The highest BCUT2D eigenvalue weighted by Crippen LogP contribution is 2.29. The fraction of sp³-hybridized carbons (Fsp3) is 0.562. The molecule has 1 aliphatic rings. The van der Waals surface area contributed by atoms with E-state index in [9.17, 15) is 13.2 Å². The standard InChI is InChI=1S/C16H24N2O3S/c1-16(2,3)13-7-5-6-8-14(13)22(20,21)17-12-9-10-15(19)18(4)11-12/h5-8,12,17H,9-11H2,1-4H3/t12-/m0/s1. The summed E-state index contributed by atoms with van der Waals surface area (Å²) in [6.45, 7) is 6.40. The highest BCUT2D eigenvalue weighted by molar-refractivity contribution is 7.89. The number of carbonyl (C=O) groups is 1. The number of carbonyl (C=O) groups excluding carboxylic acids is 1. The number of rotatable bonds is 3. The summed E-state index contributed by atoms with van der Waals surface area (Å²) in [5, 5.41) is 0. The molecule has 0 aliphatic carbocycles. The lowest BCUT2D eigenvalue weighted by Gasteiger charge is -2.30. The van der Waals surface area contributed by atoms with Crippen molar-refractivity contribution in [3.8, 4) is 0 Å². The first-order valence-corrected chi connectivity index (χ1v) is 8.95. The van der Waals surface area contributed by atoms with E-state index in [-0.39, 0.29) is 17.4 Å². The summed E-state index contributed by atoms with van der Waals surface area (Å²) < 4.78 is 28.2. The molecule has 1 aromatic rings. The molecule has 1 N–H and O–H groups in total. The van der Waals surface area contributed by atoms with Crippen LogP contribution in [0.25, 0.3) is 0 Å². The Morgan fingerprint density at radius 2 is 1.86 bits per heavy atom. The lowest BCUT2D eigenvalue weighted by atomic mass is 9.87. The van der Waals surface area contributed by atoms with E-state index in [4.69, 9.17) is 0 Å². The lowest BCUT2D eigenvalue weighted by molar-refractivity contribution is -0.132. The van der Waals surface area contributed by atoms with Gasteiger partial charge in [0.1, 0.15) is 0 Å². The summed E-state index contributed by atoms with van der Waals surface area (Å²) in [7, 11) is -1.90. The predicted molar refractivity (Wildman–Crippen MR) is 86.1 cm³/mol. The van der Waals surface area contributed by atoms with E-state index in [1.807, 2.05) is 32.9 Å². The van der Waals surface area contributed by atoms with Crippen LogP contribution in [0.4, 0.5) is 0 Å². The van der Waals surface area contributed by atoms with Crippen LogP contribution in [0.15, 0.2) is 29.2 Å². The lowest BCUT2D eigenvalue weighted by Crippen LogP contribution is -2.48. The van der Waals surface area contributed by atoms with Gasteiger partial charge in [0.25, 0.3) is 0 Å². The zero-order valence-electron chi connectivity index (χ0n) is 13.6. The molecule has 1 atom stereocenters. The minimum atomic E-state index is -3.60. The number of hydrogen-bond acceptors (Lipinski definition) is 3. The number of nitrogens with one attached hydrogen (secondary N) is 1. The predicted octanol–water partition coefficient (Wildman–Crippen LogP) is 1.88. The van der Waals surface area contributed by atoms with Crippen LogP contribution in [0.1, 0.15) is 39.2 Å². The Hall–Kier alpha value is -1.40.